The molecule has 5 aromatic rings. The number of carbonyl (C=O) groups is 1. The second-order valence-corrected chi connectivity index (χ2v) is 10.8. The minimum absolute atomic E-state index is 0.00608. The highest BCUT2D eigenvalue weighted by Gasteiger charge is 2.33. The number of nitrogens with zero attached hydrogens (tertiary/aromatic N) is 2. The van der Waals surface area contributed by atoms with Crippen molar-refractivity contribution in [2.24, 2.45) is 0 Å². The van der Waals surface area contributed by atoms with Gasteiger partial charge in [0.1, 0.15) is 5.82 Å². The van der Waals surface area contributed by atoms with Crippen molar-refractivity contribution < 1.29 is 13.9 Å². The average molecular weight is 548 g/mol. The number of ketones is 1. The predicted molar refractivity (Wildman–Crippen MR) is 162 cm³/mol. The van der Waals surface area contributed by atoms with E-state index in [1.54, 1.807) is 19.4 Å². The van der Waals surface area contributed by atoms with Crippen LogP contribution in [0.1, 0.15) is 59.2 Å². The Hall–Kier alpha value is -4.29. The summed E-state index contributed by atoms with van der Waals surface area (Å²) in [7, 11) is 1.71. The van der Waals surface area contributed by atoms with E-state index in [0.29, 0.717) is 41.9 Å². The second kappa shape index (κ2) is 11.7. The number of pyridine rings is 1. The van der Waals surface area contributed by atoms with Crippen LogP contribution in [0.4, 0.5) is 10.2 Å². The maximum absolute atomic E-state index is 16.0. The number of nitrogens with one attached hydrogen (secondary N) is 1. The minimum atomic E-state index is -0.220. The molecule has 0 amide bonds. The van der Waals surface area contributed by atoms with Gasteiger partial charge in [-0.1, -0.05) is 79.7 Å². The van der Waals surface area contributed by atoms with Gasteiger partial charge >= 0.3 is 0 Å². The van der Waals surface area contributed by atoms with Crippen molar-refractivity contribution in [1.82, 2.24) is 9.97 Å². The van der Waals surface area contributed by atoms with E-state index in [0.717, 1.165) is 40.7 Å². The van der Waals surface area contributed by atoms with Gasteiger partial charge in [0, 0.05) is 55.0 Å². The summed E-state index contributed by atoms with van der Waals surface area (Å²) in [4.78, 5) is 23.6. The molecule has 1 aliphatic rings. The smallest absolute Gasteiger partial charge is 0.164 e. The first-order valence-electron chi connectivity index (χ1n) is 14.2. The molecule has 0 unspecified atom stereocenters. The number of anilines is 1. The summed E-state index contributed by atoms with van der Waals surface area (Å²) >= 11 is 0. The van der Waals surface area contributed by atoms with E-state index in [4.69, 9.17) is 9.72 Å². The van der Waals surface area contributed by atoms with E-state index in [1.807, 2.05) is 61.5 Å². The van der Waals surface area contributed by atoms with Crippen molar-refractivity contribution in [2.75, 3.05) is 12.0 Å². The topological polar surface area (TPSA) is 58.2 Å². The number of aromatic amines is 1. The second-order valence-electron chi connectivity index (χ2n) is 10.8. The summed E-state index contributed by atoms with van der Waals surface area (Å²) in [5.41, 5.74) is 5.43. The van der Waals surface area contributed by atoms with E-state index in [9.17, 15) is 4.79 Å². The number of ether oxygens (including phenoxy) is 1. The van der Waals surface area contributed by atoms with Crippen LogP contribution in [0, 0.1) is 5.82 Å². The van der Waals surface area contributed by atoms with Crippen LogP contribution >= 0.6 is 0 Å². The summed E-state index contributed by atoms with van der Waals surface area (Å²) < 4.78 is 21.4. The lowest BCUT2D eigenvalue weighted by Gasteiger charge is -2.34. The van der Waals surface area contributed by atoms with Crippen LogP contribution in [0.15, 0.2) is 91.1 Å². The zero-order valence-corrected chi connectivity index (χ0v) is 23.4. The molecule has 5 nitrogen and oxygen atoms in total. The highest BCUT2D eigenvalue weighted by Crippen LogP contribution is 2.42. The molecule has 0 saturated heterocycles. The third-order valence-corrected chi connectivity index (χ3v) is 8.19. The van der Waals surface area contributed by atoms with Crippen molar-refractivity contribution in [3.63, 3.8) is 0 Å². The van der Waals surface area contributed by atoms with Crippen LogP contribution in [0.5, 0.6) is 0 Å². The zero-order valence-electron chi connectivity index (χ0n) is 23.4. The first kappa shape index (κ1) is 26.9. The molecule has 1 N–H and O–H groups in total. The lowest BCUT2D eigenvalue weighted by Crippen LogP contribution is -2.29. The lowest BCUT2D eigenvalue weighted by molar-refractivity contribution is 0.0250. The minimum Gasteiger partial charge on any atom is -0.381 e. The van der Waals surface area contributed by atoms with Gasteiger partial charge in [0.15, 0.2) is 11.6 Å². The normalized spacial score (nSPS) is 16.5. The van der Waals surface area contributed by atoms with Gasteiger partial charge < -0.3 is 14.6 Å². The van der Waals surface area contributed by atoms with Crippen molar-refractivity contribution in [2.45, 2.75) is 51.3 Å². The first-order chi connectivity index (χ1) is 20.1. The van der Waals surface area contributed by atoms with Gasteiger partial charge in [-0.05, 0) is 47.6 Å². The Bertz CT molecular complexity index is 1620. The van der Waals surface area contributed by atoms with Crippen LogP contribution in [0.2, 0.25) is 0 Å². The third-order valence-electron chi connectivity index (χ3n) is 8.19. The summed E-state index contributed by atoms with van der Waals surface area (Å²) in [5.74, 6) is 0.657. The lowest BCUT2D eigenvalue weighted by atomic mass is 9.77. The molecule has 0 spiro atoms. The van der Waals surface area contributed by atoms with E-state index in [2.05, 4.69) is 34.1 Å². The van der Waals surface area contributed by atoms with Gasteiger partial charge in [-0.15, -0.1) is 0 Å². The van der Waals surface area contributed by atoms with E-state index >= 15 is 4.39 Å². The molecule has 2 heterocycles. The van der Waals surface area contributed by atoms with Crippen LogP contribution in [-0.4, -0.2) is 29.0 Å². The number of benzene rings is 3. The van der Waals surface area contributed by atoms with E-state index in [-0.39, 0.29) is 23.6 Å². The van der Waals surface area contributed by atoms with Crippen molar-refractivity contribution >= 4 is 22.5 Å². The van der Waals surface area contributed by atoms with Crippen molar-refractivity contribution in [3.05, 3.63) is 119 Å². The Morgan fingerprint density at radius 3 is 2.24 bits per heavy atom. The van der Waals surface area contributed by atoms with Gasteiger partial charge in [0.05, 0.1) is 11.6 Å². The SMILES string of the molecule is CCC(=O)c1cnc(N(Cc2ccccc2)Cc2ccccc2)c2[nH]c(-c3cccc(C4CC(OC)C4)c3F)cc12. The fourth-order valence-corrected chi connectivity index (χ4v) is 5.80. The molecule has 0 atom stereocenters. The highest BCUT2D eigenvalue weighted by atomic mass is 19.1. The molecule has 6 rings (SSSR count). The quantitative estimate of drug-likeness (QED) is 0.180. The molecular formula is C35H34FN3O2. The standard InChI is InChI=1S/C35H34FN3O2/c1-3-32(40)30-20-37-35(39(21-23-11-6-4-7-12-23)22-24-13-8-5-9-14-24)34-29(30)19-31(38-34)28-16-10-15-27(33(28)36)25-17-26(18-25)41-2/h4-16,19-20,25-26,38H,3,17-18,21-22H2,1-2H3. The molecule has 1 aliphatic carbocycles. The molecule has 208 valence electrons. The number of halogens is 1. The third kappa shape index (κ3) is 5.40. The number of H-pyrrole nitrogens is 1. The Morgan fingerprint density at radius 1 is 0.976 bits per heavy atom. The molecule has 6 heteroatoms. The monoisotopic (exact) mass is 547 g/mol. The maximum atomic E-state index is 16.0. The largest absolute Gasteiger partial charge is 0.381 e. The number of methoxy groups -OCH3 is 1. The van der Waals surface area contributed by atoms with Crippen LogP contribution in [-0.2, 0) is 17.8 Å². The predicted octanol–water partition coefficient (Wildman–Crippen LogP) is 8.06. The Morgan fingerprint density at radius 2 is 1.63 bits per heavy atom. The molecule has 0 radical (unpaired) electrons. The molecule has 1 fully saturated rings. The fraction of sp³-hybridized carbons (Fsp3) is 0.257. The first-order valence-corrected chi connectivity index (χ1v) is 14.2. The molecule has 0 aliphatic heterocycles. The Labute approximate surface area is 240 Å². The van der Waals surface area contributed by atoms with Gasteiger partial charge in [-0.25, -0.2) is 9.37 Å². The fourth-order valence-electron chi connectivity index (χ4n) is 5.80. The Kier molecular flexibility index (Phi) is 7.66. The molecular weight excluding hydrogens is 513 g/mol. The number of hydrogen-bond donors (Lipinski definition) is 1. The van der Waals surface area contributed by atoms with Crippen LogP contribution in [0.3, 0.4) is 0 Å². The average Bonchev–Trinajstić information content (AvgIpc) is 3.42. The number of Topliss-reactive ketones (excluding diaryl/α,β-unsaturated/α-hetero) is 1. The molecule has 2 aromatic heterocycles. The number of fused-ring (bicyclic) bond motifs is 1. The number of rotatable bonds is 10. The Balaban J connectivity index is 1.47. The number of hydrogen-bond acceptors (Lipinski definition) is 4. The van der Waals surface area contributed by atoms with Crippen LogP contribution in [0.25, 0.3) is 22.2 Å². The van der Waals surface area contributed by atoms with Crippen molar-refractivity contribution in [1.29, 1.82) is 0 Å². The summed E-state index contributed by atoms with van der Waals surface area (Å²) in [6, 6.07) is 28.0. The summed E-state index contributed by atoms with van der Waals surface area (Å²) in [6.07, 6.45) is 3.87. The summed E-state index contributed by atoms with van der Waals surface area (Å²) in [6.45, 7) is 3.10. The molecule has 41 heavy (non-hydrogen) atoms. The molecule has 1 saturated carbocycles. The number of aromatic nitrogens is 2. The molecule has 3 aromatic carbocycles. The van der Waals surface area contributed by atoms with Gasteiger partial charge in [-0.3, -0.25) is 4.79 Å². The van der Waals surface area contributed by atoms with Gasteiger partial charge in [-0.2, -0.15) is 0 Å². The van der Waals surface area contributed by atoms with Gasteiger partial charge in [0.25, 0.3) is 0 Å². The zero-order chi connectivity index (χ0) is 28.3. The highest BCUT2D eigenvalue weighted by molar-refractivity contribution is 6.10. The summed E-state index contributed by atoms with van der Waals surface area (Å²) in [5, 5.41) is 0.760. The van der Waals surface area contributed by atoms with E-state index in [1.165, 1.54) is 0 Å². The van der Waals surface area contributed by atoms with Gasteiger partial charge in [0.2, 0.25) is 0 Å². The van der Waals surface area contributed by atoms with Crippen LogP contribution < -0.4 is 4.90 Å². The van der Waals surface area contributed by atoms with E-state index < -0.39 is 0 Å². The maximum Gasteiger partial charge on any atom is 0.164 e. The molecule has 0 bridgehead atoms. The van der Waals surface area contributed by atoms with Crippen molar-refractivity contribution in [3.8, 4) is 11.3 Å². The number of carbonyl (C=O) groups excluding carboxylic acids is 1.